The minimum atomic E-state index is -0.330. The van der Waals surface area contributed by atoms with E-state index >= 15 is 0 Å². The van der Waals surface area contributed by atoms with Crippen LogP contribution in [-0.2, 0) is 4.79 Å². The Kier molecular flexibility index (Phi) is 3.91. The van der Waals surface area contributed by atoms with Crippen LogP contribution in [-0.4, -0.2) is 22.7 Å². The van der Waals surface area contributed by atoms with E-state index in [0.29, 0.717) is 21.9 Å². The van der Waals surface area contributed by atoms with Crippen molar-refractivity contribution < 1.29 is 15.0 Å². The second kappa shape index (κ2) is 5.63. The van der Waals surface area contributed by atoms with Crippen molar-refractivity contribution in [3.05, 3.63) is 41.6 Å². The monoisotopic (exact) mass is 272 g/mol. The first-order valence-electron chi connectivity index (χ1n) is 6.15. The first-order chi connectivity index (χ1) is 9.56. The first-order valence-corrected chi connectivity index (χ1v) is 6.15. The van der Waals surface area contributed by atoms with E-state index in [2.05, 4.69) is 5.32 Å². The molecule has 0 aliphatic rings. The Bertz CT molecular complexity index is 693. The fraction of sp³-hybridized carbons (Fsp3) is 0.133. The molecule has 0 fully saturated rings. The summed E-state index contributed by atoms with van der Waals surface area (Å²) in [4.78, 5) is 11.1. The number of hydrogen-bond acceptors (Lipinski definition) is 4. The number of nitrogens with two attached hydrogens (primary N) is 1. The van der Waals surface area contributed by atoms with Crippen molar-refractivity contribution in [2.45, 2.75) is 6.92 Å². The van der Waals surface area contributed by atoms with E-state index in [1.807, 2.05) is 0 Å². The van der Waals surface area contributed by atoms with Crippen molar-refractivity contribution in [3.8, 4) is 11.5 Å². The van der Waals surface area contributed by atoms with Gasteiger partial charge in [0.05, 0.1) is 6.54 Å². The Balaban J connectivity index is 2.51. The van der Waals surface area contributed by atoms with Crippen LogP contribution in [0.15, 0.2) is 30.5 Å². The molecular formula is C15H16N2O3. The molecule has 0 aromatic heterocycles. The van der Waals surface area contributed by atoms with Gasteiger partial charge >= 0.3 is 0 Å². The van der Waals surface area contributed by atoms with Crippen molar-refractivity contribution in [1.82, 2.24) is 5.32 Å². The van der Waals surface area contributed by atoms with Crippen LogP contribution >= 0.6 is 0 Å². The summed E-state index contributed by atoms with van der Waals surface area (Å²) in [6, 6.07) is 7.03. The van der Waals surface area contributed by atoms with E-state index in [-0.39, 0.29) is 24.0 Å². The highest BCUT2D eigenvalue weighted by Crippen LogP contribution is 2.39. The van der Waals surface area contributed by atoms with Gasteiger partial charge in [-0.05, 0) is 13.0 Å². The number of carbonyl (C=O) groups excluding carboxylic acids is 1. The van der Waals surface area contributed by atoms with Crippen LogP contribution in [0.3, 0.4) is 0 Å². The van der Waals surface area contributed by atoms with E-state index in [4.69, 9.17) is 5.73 Å². The van der Waals surface area contributed by atoms with Crippen molar-refractivity contribution >= 4 is 22.8 Å². The number of carbonyl (C=O) groups is 1. The van der Waals surface area contributed by atoms with Crippen molar-refractivity contribution in [2.75, 3.05) is 6.54 Å². The van der Waals surface area contributed by atoms with Gasteiger partial charge in [-0.15, -0.1) is 0 Å². The molecule has 1 amide bonds. The highest BCUT2D eigenvalue weighted by atomic mass is 16.3. The lowest BCUT2D eigenvalue weighted by Gasteiger charge is -2.11. The van der Waals surface area contributed by atoms with Crippen LogP contribution < -0.4 is 11.1 Å². The van der Waals surface area contributed by atoms with E-state index in [1.54, 1.807) is 31.2 Å². The number of fused-ring (bicyclic) bond motifs is 1. The molecule has 20 heavy (non-hydrogen) atoms. The van der Waals surface area contributed by atoms with Gasteiger partial charge in [0, 0.05) is 28.1 Å². The lowest BCUT2D eigenvalue weighted by atomic mass is 9.98. The van der Waals surface area contributed by atoms with Crippen LogP contribution in [0.1, 0.15) is 11.1 Å². The molecule has 5 N–H and O–H groups in total. The molecule has 5 nitrogen and oxygen atoms in total. The number of phenolic OH excluding ortho intramolecular Hbond substituents is 2. The summed E-state index contributed by atoms with van der Waals surface area (Å²) in [6.07, 6.45) is 2.93. The van der Waals surface area contributed by atoms with Gasteiger partial charge in [-0.1, -0.05) is 24.3 Å². The van der Waals surface area contributed by atoms with Crippen molar-refractivity contribution in [1.29, 1.82) is 0 Å². The maximum Gasteiger partial charge on any atom is 0.237 e. The van der Waals surface area contributed by atoms with Gasteiger partial charge in [-0.25, -0.2) is 0 Å². The topological polar surface area (TPSA) is 95.6 Å². The Labute approximate surface area is 116 Å². The van der Waals surface area contributed by atoms with Gasteiger partial charge in [0.2, 0.25) is 5.91 Å². The third-order valence-electron chi connectivity index (χ3n) is 3.13. The van der Waals surface area contributed by atoms with E-state index < -0.39 is 0 Å². The fourth-order valence-corrected chi connectivity index (χ4v) is 2.03. The second-order valence-electron chi connectivity index (χ2n) is 4.39. The third kappa shape index (κ3) is 2.44. The number of amides is 1. The van der Waals surface area contributed by atoms with Crippen LogP contribution in [0.5, 0.6) is 11.5 Å². The summed E-state index contributed by atoms with van der Waals surface area (Å²) in [7, 11) is 0. The molecule has 0 spiro atoms. The maximum absolute atomic E-state index is 11.1. The molecular weight excluding hydrogens is 256 g/mol. The van der Waals surface area contributed by atoms with Crippen molar-refractivity contribution in [3.63, 3.8) is 0 Å². The van der Waals surface area contributed by atoms with Gasteiger partial charge in [-0.3, -0.25) is 4.79 Å². The number of phenols is 2. The highest BCUT2D eigenvalue weighted by Gasteiger charge is 2.13. The molecule has 0 aliphatic carbocycles. The Morgan fingerprint density at radius 2 is 1.85 bits per heavy atom. The molecule has 0 heterocycles. The molecule has 5 heteroatoms. The minimum Gasteiger partial charge on any atom is -0.507 e. The number of rotatable bonds is 3. The Morgan fingerprint density at radius 3 is 2.45 bits per heavy atom. The summed E-state index contributed by atoms with van der Waals surface area (Å²) in [5, 5.41) is 24.1. The summed E-state index contributed by atoms with van der Waals surface area (Å²) in [6.45, 7) is 1.59. The summed E-state index contributed by atoms with van der Waals surface area (Å²) < 4.78 is 0. The molecule has 2 aromatic carbocycles. The normalized spacial score (nSPS) is 11.1. The largest absolute Gasteiger partial charge is 0.507 e. The molecule has 0 saturated heterocycles. The zero-order valence-electron chi connectivity index (χ0n) is 11.1. The average Bonchev–Trinajstić information content (AvgIpc) is 2.48. The van der Waals surface area contributed by atoms with Crippen LogP contribution in [0.4, 0.5) is 0 Å². The summed E-state index contributed by atoms with van der Waals surface area (Å²) in [5.74, 6) is -0.152. The smallest absolute Gasteiger partial charge is 0.237 e. The van der Waals surface area contributed by atoms with Gasteiger partial charge in [0.15, 0.2) is 0 Å². The number of benzene rings is 2. The molecule has 0 atom stereocenters. The van der Waals surface area contributed by atoms with Gasteiger partial charge in [0.1, 0.15) is 11.5 Å². The van der Waals surface area contributed by atoms with Crippen LogP contribution in [0.25, 0.3) is 16.8 Å². The fourth-order valence-electron chi connectivity index (χ4n) is 2.03. The van der Waals surface area contributed by atoms with Gasteiger partial charge in [-0.2, -0.15) is 0 Å². The maximum atomic E-state index is 11.1. The van der Waals surface area contributed by atoms with E-state index in [9.17, 15) is 15.0 Å². The quantitative estimate of drug-likeness (QED) is 0.638. The van der Waals surface area contributed by atoms with Gasteiger partial charge < -0.3 is 21.3 Å². The van der Waals surface area contributed by atoms with Crippen LogP contribution in [0.2, 0.25) is 0 Å². The lowest BCUT2D eigenvalue weighted by Crippen LogP contribution is -2.25. The SMILES string of the molecule is Cc1c(C=CNC(=O)CN)c(O)c2ccccc2c1O. The predicted octanol–water partition coefficient (Wildman–Crippen LogP) is 1.61. The van der Waals surface area contributed by atoms with E-state index in [0.717, 1.165) is 0 Å². The Hall–Kier alpha value is -2.53. The molecule has 104 valence electrons. The highest BCUT2D eigenvalue weighted by molar-refractivity contribution is 5.97. The third-order valence-corrected chi connectivity index (χ3v) is 3.13. The number of hydrogen-bond donors (Lipinski definition) is 4. The molecule has 2 rings (SSSR count). The van der Waals surface area contributed by atoms with Crippen molar-refractivity contribution in [2.24, 2.45) is 5.73 Å². The zero-order chi connectivity index (χ0) is 14.7. The number of aromatic hydroxyl groups is 2. The molecule has 0 saturated carbocycles. The molecule has 0 bridgehead atoms. The zero-order valence-corrected chi connectivity index (χ0v) is 11.1. The average molecular weight is 272 g/mol. The summed E-state index contributed by atoms with van der Waals surface area (Å²) in [5.41, 5.74) is 6.17. The van der Waals surface area contributed by atoms with Gasteiger partial charge in [0.25, 0.3) is 0 Å². The molecule has 0 aliphatic heterocycles. The predicted molar refractivity (Wildman–Crippen MR) is 78.2 cm³/mol. The van der Waals surface area contributed by atoms with E-state index in [1.165, 1.54) is 12.3 Å². The standard InChI is InChI=1S/C15H16N2O3/c1-9-10(6-7-17-13(18)8-16)15(20)12-5-3-2-4-11(12)14(9)19/h2-7,19-20H,8,16H2,1H3,(H,17,18). The Morgan fingerprint density at radius 1 is 1.25 bits per heavy atom. The first kappa shape index (κ1) is 13.9. The van der Waals surface area contributed by atoms with Crippen LogP contribution in [0, 0.1) is 6.92 Å². The second-order valence-corrected chi connectivity index (χ2v) is 4.39. The number of nitrogens with one attached hydrogen (secondary N) is 1. The lowest BCUT2D eigenvalue weighted by molar-refractivity contribution is -0.118. The molecule has 2 aromatic rings. The molecule has 0 unspecified atom stereocenters. The molecule has 0 radical (unpaired) electrons. The minimum absolute atomic E-state index is 0.0640. The summed E-state index contributed by atoms with van der Waals surface area (Å²) >= 11 is 0.